The second kappa shape index (κ2) is 7.73. The van der Waals surface area contributed by atoms with Gasteiger partial charge in [0.25, 0.3) is 5.91 Å². The van der Waals surface area contributed by atoms with Gasteiger partial charge in [-0.15, -0.1) is 0 Å². The fourth-order valence-electron chi connectivity index (χ4n) is 4.76. The summed E-state index contributed by atoms with van der Waals surface area (Å²) >= 11 is 0. The summed E-state index contributed by atoms with van der Waals surface area (Å²) in [7, 11) is 2.08. The quantitative estimate of drug-likeness (QED) is 0.813. The van der Waals surface area contributed by atoms with Crippen LogP contribution < -0.4 is 0 Å². The number of piperidine rings is 1. The highest BCUT2D eigenvalue weighted by atomic mass is 16.3. The number of aryl methyl sites for hydroxylation is 1. The zero-order valence-electron chi connectivity index (χ0n) is 17.1. The van der Waals surface area contributed by atoms with Gasteiger partial charge in [0, 0.05) is 36.2 Å². The van der Waals surface area contributed by atoms with Crippen LogP contribution in [0.5, 0.6) is 0 Å². The summed E-state index contributed by atoms with van der Waals surface area (Å²) in [4.78, 5) is 30.6. The molecule has 0 aromatic heterocycles. The fourth-order valence-corrected chi connectivity index (χ4v) is 4.76. The summed E-state index contributed by atoms with van der Waals surface area (Å²) in [6, 6.07) is 14.5. The van der Waals surface area contributed by atoms with Gasteiger partial charge in [-0.3, -0.25) is 9.59 Å². The molecule has 2 atom stereocenters. The van der Waals surface area contributed by atoms with E-state index in [1.54, 1.807) is 36.4 Å². The van der Waals surface area contributed by atoms with Crippen LogP contribution in [-0.4, -0.2) is 66.4 Å². The number of rotatable bonds is 4. The van der Waals surface area contributed by atoms with Crippen LogP contribution in [-0.2, 0) is 0 Å². The average Bonchev–Trinajstić information content (AvgIpc) is 3.12. The van der Waals surface area contributed by atoms with Gasteiger partial charge in [-0.05, 0) is 38.9 Å². The molecule has 4 rings (SSSR count). The third-order valence-corrected chi connectivity index (χ3v) is 6.65. The van der Waals surface area contributed by atoms with E-state index < -0.39 is 0 Å². The molecule has 2 aliphatic heterocycles. The van der Waals surface area contributed by atoms with E-state index in [0.29, 0.717) is 29.8 Å². The number of nitrogens with zero attached hydrogens (tertiary/aromatic N) is 2. The van der Waals surface area contributed by atoms with Gasteiger partial charge >= 0.3 is 0 Å². The summed E-state index contributed by atoms with van der Waals surface area (Å²) in [5.74, 6) is 0.00303. The molecule has 1 amide bonds. The van der Waals surface area contributed by atoms with Gasteiger partial charge in [0.05, 0.1) is 12.2 Å². The predicted octanol–water partition coefficient (Wildman–Crippen LogP) is 2.61. The number of hydrogen-bond acceptors (Lipinski definition) is 4. The van der Waals surface area contributed by atoms with Crippen molar-refractivity contribution in [1.82, 2.24) is 9.80 Å². The molecule has 5 nitrogen and oxygen atoms in total. The van der Waals surface area contributed by atoms with E-state index in [1.807, 2.05) is 24.0 Å². The molecule has 2 heterocycles. The van der Waals surface area contributed by atoms with Crippen molar-refractivity contribution < 1.29 is 14.7 Å². The van der Waals surface area contributed by atoms with Crippen LogP contribution in [0.15, 0.2) is 48.5 Å². The van der Waals surface area contributed by atoms with E-state index in [-0.39, 0.29) is 29.6 Å². The number of aliphatic hydroxyl groups excluding tert-OH is 1. The molecule has 0 spiro atoms. The second-order valence-corrected chi connectivity index (χ2v) is 8.66. The Kier molecular flexibility index (Phi) is 5.28. The molecule has 2 aliphatic rings. The number of carbonyl (C=O) groups excluding carboxylic acids is 2. The molecule has 152 valence electrons. The summed E-state index contributed by atoms with van der Waals surface area (Å²) in [5.41, 5.74) is 2.33. The van der Waals surface area contributed by atoms with Crippen molar-refractivity contribution in [2.45, 2.75) is 13.3 Å². The Labute approximate surface area is 171 Å². The van der Waals surface area contributed by atoms with Crippen molar-refractivity contribution in [2.75, 3.05) is 39.8 Å². The smallest absolute Gasteiger partial charge is 0.254 e. The van der Waals surface area contributed by atoms with Crippen LogP contribution in [0.3, 0.4) is 0 Å². The molecule has 29 heavy (non-hydrogen) atoms. The first-order valence-corrected chi connectivity index (χ1v) is 10.2. The Morgan fingerprint density at radius 3 is 2.45 bits per heavy atom. The molecule has 0 radical (unpaired) electrons. The van der Waals surface area contributed by atoms with Gasteiger partial charge in [-0.25, -0.2) is 0 Å². The normalized spacial score (nSPS) is 24.4. The fraction of sp³-hybridized carbons (Fsp3) is 0.417. The first kappa shape index (κ1) is 19.8. The molecular weight excluding hydrogens is 364 g/mol. The Bertz CT molecular complexity index is 924. The summed E-state index contributed by atoms with van der Waals surface area (Å²) in [5, 5.41) is 10.1. The first-order chi connectivity index (χ1) is 13.9. The van der Waals surface area contributed by atoms with Crippen molar-refractivity contribution in [2.24, 2.45) is 11.3 Å². The Balaban J connectivity index is 1.62. The molecule has 0 saturated carbocycles. The number of benzene rings is 2. The molecule has 2 saturated heterocycles. The maximum atomic E-state index is 13.4. The zero-order valence-corrected chi connectivity index (χ0v) is 17.1. The lowest BCUT2D eigenvalue weighted by atomic mass is 9.73. The standard InChI is InChI=1S/C24H28N2O3/c1-17-7-9-18(10-8-17)22(28)20-5-3-4-6-21(20)23(29)26-14-19-13-25(2)12-11-24(19,15-26)16-27/h3-10,19,27H,11-16H2,1-2H3/t19-,24+/m1/s1. The second-order valence-electron chi connectivity index (χ2n) is 8.66. The molecule has 2 fully saturated rings. The Hall–Kier alpha value is -2.50. The Morgan fingerprint density at radius 1 is 1.07 bits per heavy atom. The maximum Gasteiger partial charge on any atom is 0.254 e. The number of amides is 1. The number of likely N-dealkylation sites (tertiary alicyclic amines) is 2. The number of ketones is 1. The van der Waals surface area contributed by atoms with Crippen LogP contribution >= 0.6 is 0 Å². The highest BCUT2D eigenvalue weighted by Gasteiger charge is 2.50. The number of hydrogen-bond donors (Lipinski definition) is 1. The zero-order chi connectivity index (χ0) is 20.6. The molecule has 0 bridgehead atoms. The largest absolute Gasteiger partial charge is 0.396 e. The van der Waals surface area contributed by atoms with E-state index in [1.165, 1.54) is 0 Å². The van der Waals surface area contributed by atoms with Crippen molar-refractivity contribution in [1.29, 1.82) is 0 Å². The molecule has 2 aromatic carbocycles. The molecule has 0 unspecified atom stereocenters. The van der Waals surface area contributed by atoms with Crippen LogP contribution in [0, 0.1) is 18.3 Å². The molecule has 5 heteroatoms. The van der Waals surface area contributed by atoms with E-state index in [0.717, 1.165) is 25.1 Å². The molecule has 1 N–H and O–H groups in total. The average molecular weight is 392 g/mol. The summed E-state index contributed by atoms with van der Waals surface area (Å²) < 4.78 is 0. The van der Waals surface area contributed by atoms with E-state index >= 15 is 0 Å². The monoisotopic (exact) mass is 392 g/mol. The topological polar surface area (TPSA) is 60.9 Å². The summed E-state index contributed by atoms with van der Waals surface area (Å²) in [6.07, 6.45) is 0.887. The lowest BCUT2D eigenvalue weighted by Gasteiger charge is -2.40. The predicted molar refractivity (Wildman–Crippen MR) is 112 cm³/mol. The number of fused-ring (bicyclic) bond motifs is 1. The van der Waals surface area contributed by atoms with Crippen molar-refractivity contribution in [3.63, 3.8) is 0 Å². The van der Waals surface area contributed by atoms with Crippen LogP contribution in [0.25, 0.3) is 0 Å². The molecular formula is C24H28N2O3. The van der Waals surface area contributed by atoms with Crippen LogP contribution in [0.4, 0.5) is 0 Å². The highest BCUT2D eigenvalue weighted by molar-refractivity contribution is 6.15. The van der Waals surface area contributed by atoms with Crippen LogP contribution in [0.2, 0.25) is 0 Å². The van der Waals surface area contributed by atoms with E-state index in [2.05, 4.69) is 11.9 Å². The minimum atomic E-state index is -0.224. The van der Waals surface area contributed by atoms with Crippen molar-refractivity contribution in [3.8, 4) is 0 Å². The third-order valence-electron chi connectivity index (χ3n) is 6.65. The minimum Gasteiger partial charge on any atom is -0.396 e. The molecule has 2 aromatic rings. The maximum absolute atomic E-state index is 13.4. The Morgan fingerprint density at radius 2 is 1.76 bits per heavy atom. The van der Waals surface area contributed by atoms with Gasteiger partial charge < -0.3 is 14.9 Å². The SMILES string of the molecule is Cc1ccc(C(=O)c2ccccc2C(=O)N2C[C@H]3CN(C)CC[C@@]3(CO)C2)cc1. The van der Waals surface area contributed by atoms with Gasteiger partial charge in [-0.1, -0.05) is 48.0 Å². The van der Waals surface area contributed by atoms with Gasteiger partial charge in [0.2, 0.25) is 0 Å². The van der Waals surface area contributed by atoms with Gasteiger partial charge in [0.1, 0.15) is 0 Å². The minimum absolute atomic E-state index is 0.0965. The number of aliphatic hydroxyl groups is 1. The highest BCUT2D eigenvalue weighted by Crippen LogP contribution is 2.42. The van der Waals surface area contributed by atoms with Gasteiger partial charge in [-0.2, -0.15) is 0 Å². The van der Waals surface area contributed by atoms with Crippen LogP contribution in [0.1, 0.15) is 38.3 Å². The first-order valence-electron chi connectivity index (χ1n) is 10.2. The van der Waals surface area contributed by atoms with Crippen molar-refractivity contribution in [3.05, 3.63) is 70.8 Å². The molecule has 0 aliphatic carbocycles. The van der Waals surface area contributed by atoms with Crippen molar-refractivity contribution >= 4 is 11.7 Å². The third kappa shape index (κ3) is 3.61. The van der Waals surface area contributed by atoms with E-state index in [9.17, 15) is 14.7 Å². The number of carbonyl (C=O) groups is 2. The lowest BCUT2D eigenvalue weighted by Crippen LogP contribution is -2.47. The van der Waals surface area contributed by atoms with Gasteiger partial charge in [0.15, 0.2) is 5.78 Å². The summed E-state index contributed by atoms with van der Waals surface area (Å²) in [6.45, 7) is 5.06. The lowest BCUT2D eigenvalue weighted by molar-refractivity contribution is 0.0277. The van der Waals surface area contributed by atoms with E-state index in [4.69, 9.17) is 0 Å².